The number of alkyl halides is 3. The van der Waals surface area contributed by atoms with E-state index in [1.165, 1.54) is 24.6 Å². The van der Waals surface area contributed by atoms with Crippen LogP contribution in [0.4, 0.5) is 13.2 Å². The lowest BCUT2D eigenvalue weighted by molar-refractivity contribution is -0.163. The van der Waals surface area contributed by atoms with Gasteiger partial charge in [-0.15, -0.1) is 0 Å². The minimum Gasteiger partial charge on any atom is -0.390 e. The van der Waals surface area contributed by atoms with Crippen LogP contribution in [0.5, 0.6) is 0 Å². The maximum atomic E-state index is 12.7. The first-order valence-corrected chi connectivity index (χ1v) is 6.00. The molecule has 1 aliphatic carbocycles. The van der Waals surface area contributed by atoms with Crippen molar-refractivity contribution >= 4 is 12.4 Å². The van der Waals surface area contributed by atoms with Crippen LogP contribution < -0.4 is 0 Å². The van der Waals surface area contributed by atoms with E-state index in [1.54, 1.807) is 13.1 Å². The van der Waals surface area contributed by atoms with Gasteiger partial charge in [-0.05, 0) is 12.8 Å². The second kappa shape index (κ2) is 7.76. The van der Waals surface area contributed by atoms with Crippen LogP contribution in [0.25, 0.3) is 0 Å². The van der Waals surface area contributed by atoms with Crippen LogP contribution in [0.15, 0.2) is 34.5 Å². The van der Waals surface area contributed by atoms with E-state index < -0.39 is 12.1 Å². The first-order valence-electron chi connectivity index (χ1n) is 6.00. The molecule has 106 valence electrons. The van der Waals surface area contributed by atoms with Gasteiger partial charge in [-0.25, -0.2) is 0 Å². The fourth-order valence-corrected chi connectivity index (χ4v) is 1.65. The highest BCUT2D eigenvalue weighted by atomic mass is 19.4. The standard InChI is InChI=1S/C13H17F3N2O/c1-17-7-8-19-18-10-11-5-3-2-4-6-12(9-11)13(14,15)16/h3-7,10-12H,2,8-9H2,1H3/b5-3-,6-4-,17-7?,18-10+/t11-,12+/m0/s1. The Morgan fingerprint density at radius 1 is 1.32 bits per heavy atom. The highest BCUT2D eigenvalue weighted by Gasteiger charge is 2.38. The maximum absolute atomic E-state index is 12.7. The molecule has 0 aromatic heterocycles. The highest BCUT2D eigenvalue weighted by Crippen LogP contribution is 2.33. The van der Waals surface area contributed by atoms with Crippen molar-refractivity contribution in [3.63, 3.8) is 0 Å². The number of allylic oxidation sites excluding steroid dienone is 4. The summed E-state index contributed by atoms with van der Waals surface area (Å²) >= 11 is 0. The van der Waals surface area contributed by atoms with E-state index in [0.29, 0.717) is 6.42 Å². The molecule has 0 aromatic carbocycles. The van der Waals surface area contributed by atoms with E-state index in [1.807, 2.05) is 6.08 Å². The second-order valence-corrected chi connectivity index (χ2v) is 4.13. The van der Waals surface area contributed by atoms with Gasteiger partial charge in [0, 0.05) is 19.2 Å². The molecule has 0 unspecified atom stereocenters. The number of rotatable bonds is 4. The first kappa shape index (κ1) is 15.5. The summed E-state index contributed by atoms with van der Waals surface area (Å²) in [6, 6.07) is 0. The molecule has 0 fully saturated rings. The molecule has 3 nitrogen and oxygen atoms in total. The highest BCUT2D eigenvalue weighted by molar-refractivity contribution is 5.63. The summed E-state index contributed by atoms with van der Waals surface area (Å²) in [5.74, 6) is -1.82. The lowest BCUT2D eigenvalue weighted by Gasteiger charge is -2.20. The van der Waals surface area contributed by atoms with Crippen LogP contribution in [0.2, 0.25) is 0 Å². The van der Waals surface area contributed by atoms with Gasteiger partial charge in [0.2, 0.25) is 0 Å². The molecular weight excluding hydrogens is 257 g/mol. The van der Waals surface area contributed by atoms with Crippen LogP contribution in [0.3, 0.4) is 0 Å². The molecule has 19 heavy (non-hydrogen) atoms. The largest absolute Gasteiger partial charge is 0.395 e. The third kappa shape index (κ3) is 6.22. The van der Waals surface area contributed by atoms with Gasteiger partial charge >= 0.3 is 6.18 Å². The summed E-state index contributed by atoms with van der Waals surface area (Å²) in [4.78, 5) is 8.55. The van der Waals surface area contributed by atoms with Crippen molar-refractivity contribution in [2.24, 2.45) is 22.0 Å². The molecule has 0 saturated carbocycles. The SMILES string of the molecule is CN=CCO/N=C/[C@H]1/C=C\C/C=C\[C@@H](C(F)(F)F)C1. The summed E-state index contributed by atoms with van der Waals surface area (Å²) in [6.45, 7) is 0.214. The first-order chi connectivity index (χ1) is 9.04. The van der Waals surface area contributed by atoms with Crippen molar-refractivity contribution < 1.29 is 18.0 Å². The fraction of sp³-hybridized carbons (Fsp3) is 0.538. The van der Waals surface area contributed by atoms with Gasteiger partial charge in [-0.2, -0.15) is 13.2 Å². The molecule has 2 atom stereocenters. The Morgan fingerprint density at radius 2 is 2.05 bits per heavy atom. The monoisotopic (exact) mass is 274 g/mol. The number of hydrogen-bond acceptors (Lipinski definition) is 3. The van der Waals surface area contributed by atoms with E-state index in [-0.39, 0.29) is 18.9 Å². The summed E-state index contributed by atoms with van der Waals surface area (Å²) in [6.07, 6.45) is 5.46. The molecule has 1 aliphatic rings. The minimum atomic E-state index is -4.22. The molecule has 0 heterocycles. The van der Waals surface area contributed by atoms with Gasteiger partial charge in [0.15, 0.2) is 6.61 Å². The number of aliphatic imine (C=N–C) groups is 1. The molecule has 0 spiro atoms. The van der Waals surface area contributed by atoms with Gasteiger partial charge < -0.3 is 4.84 Å². The Balaban J connectivity index is 2.58. The molecule has 0 aromatic rings. The normalized spacial score (nSPS) is 28.2. The van der Waals surface area contributed by atoms with Crippen molar-refractivity contribution in [2.75, 3.05) is 13.7 Å². The summed E-state index contributed by atoms with van der Waals surface area (Å²) in [5, 5.41) is 3.66. The van der Waals surface area contributed by atoms with E-state index in [4.69, 9.17) is 4.84 Å². The number of hydrogen-bond donors (Lipinski definition) is 0. The van der Waals surface area contributed by atoms with Crippen molar-refractivity contribution in [1.82, 2.24) is 0 Å². The minimum absolute atomic E-state index is 0.0504. The van der Waals surface area contributed by atoms with Crippen LogP contribution in [0, 0.1) is 11.8 Å². The van der Waals surface area contributed by atoms with Crippen LogP contribution in [0.1, 0.15) is 12.8 Å². The Labute approximate surface area is 110 Å². The van der Waals surface area contributed by atoms with Crippen molar-refractivity contribution in [3.8, 4) is 0 Å². The zero-order valence-electron chi connectivity index (χ0n) is 10.7. The lowest BCUT2D eigenvalue weighted by atomic mass is 9.92. The van der Waals surface area contributed by atoms with Crippen LogP contribution in [-0.2, 0) is 4.84 Å². The average Bonchev–Trinajstić information content (AvgIpc) is 2.29. The number of nitrogens with zero attached hydrogens (tertiary/aromatic N) is 2. The zero-order valence-corrected chi connectivity index (χ0v) is 10.7. The number of halogens is 3. The van der Waals surface area contributed by atoms with E-state index in [0.717, 1.165) is 0 Å². The van der Waals surface area contributed by atoms with Gasteiger partial charge in [-0.1, -0.05) is 29.5 Å². The molecule has 0 saturated heterocycles. The van der Waals surface area contributed by atoms with Crippen molar-refractivity contribution in [3.05, 3.63) is 24.3 Å². The Morgan fingerprint density at radius 3 is 2.74 bits per heavy atom. The van der Waals surface area contributed by atoms with Crippen LogP contribution in [-0.4, -0.2) is 32.3 Å². The van der Waals surface area contributed by atoms with Gasteiger partial charge in [0.05, 0.1) is 12.1 Å². The quantitative estimate of drug-likeness (QED) is 0.335. The predicted molar refractivity (Wildman–Crippen MR) is 69.4 cm³/mol. The van der Waals surface area contributed by atoms with Crippen molar-refractivity contribution in [2.45, 2.75) is 19.0 Å². The third-order valence-electron chi connectivity index (χ3n) is 2.63. The Hall–Kier alpha value is -1.59. The van der Waals surface area contributed by atoms with Crippen molar-refractivity contribution in [1.29, 1.82) is 0 Å². The van der Waals surface area contributed by atoms with Gasteiger partial charge in [-0.3, -0.25) is 4.99 Å². The molecular formula is C13H17F3N2O. The molecule has 0 radical (unpaired) electrons. The van der Waals surface area contributed by atoms with Crippen LogP contribution >= 0.6 is 0 Å². The molecule has 0 amide bonds. The van der Waals surface area contributed by atoms with Gasteiger partial charge in [0.1, 0.15) is 0 Å². The molecule has 0 aliphatic heterocycles. The molecule has 6 heteroatoms. The van der Waals surface area contributed by atoms with E-state index in [9.17, 15) is 13.2 Å². The molecule has 0 N–H and O–H groups in total. The second-order valence-electron chi connectivity index (χ2n) is 4.13. The summed E-state index contributed by atoms with van der Waals surface area (Å²) < 4.78 is 38.2. The lowest BCUT2D eigenvalue weighted by Crippen LogP contribution is -2.24. The number of oxime groups is 1. The average molecular weight is 274 g/mol. The fourth-order valence-electron chi connectivity index (χ4n) is 1.65. The third-order valence-corrected chi connectivity index (χ3v) is 2.63. The summed E-state index contributed by atoms with van der Waals surface area (Å²) in [5.41, 5.74) is 0. The Bertz CT molecular complexity index is 373. The van der Waals surface area contributed by atoms with E-state index >= 15 is 0 Å². The zero-order chi connectivity index (χ0) is 14.1. The maximum Gasteiger partial charge on any atom is 0.395 e. The predicted octanol–water partition coefficient (Wildman–Crippen LogP) is 3.39. The molecule has 1 rings (SSSR count). The topological polar surface area (TPSA) is 34.0 Å². The van der Waals surface area contributed by atoms with Gasteiger partial charge in [0.25, 0.3) is 0 Å². The smallest absolute Gasteiger partial charge is 0.390 e. The van der Waals surface area contributed by atoms with E-state index in [2.05, 4.69) is 10.1 Å². The summed E-state index contributed by atoms with van der Waals surface area (Å²) in [7, 11) is 1.60. The Kier molecular flexibility index (Phi) is 6.32. The molecule has 0 bridgehead atoms.